The number of carbonyl (C=O) groups is 1. The minimum atomic E-state index is -1.95. The highest BCUT2D eigenvalue weighted by Crippen LogP contribution is 2.27. The molecule has 126 valence electrons. The van der Waals surface area contributed by atoms with Gasteiger partial charge in [0.1, 0.15) is 6.61 Å². The molecule has 0 aliphatic carbocycles. The molecule has 0 aromatic heterocycles. The number of carbonyl (C=O) groups excluding carboxylic acids is 1. The topological polar surface area (TPSA) is 41.9 Å². The summed E-state index contributed by atoms with van der Waals surface area (Å²) in [6.45, 7) is 4.47. The molecule has 1 aliphatic heterocycles. The van der Waals surface area contributed by atoms with Crippen molar-refractivity contribution < 1.29 is 27.1 Å². The minimum absolute atomic E-state index is 0.124. The number of rotatable bonds is 5. The normalized spacial score (nSPS) is 13.7. The van der Waals surface area contributed by atoms with Gasteiger partial charge in [0.15, 0.2) is 23.3 Å². The van der Waals surface area contributed by atoms with E-state index in [2.05, 4.69) is 4.99 Å². The Balaban J connectivity index is 2.54. The standard InChI is InChI=1S/C15H16F4N2O2/c1-3-21(4-2)9(22)7-8-10(15-20-5-6-23-15)12(17)14(19)13(18)11(8)16/h3-7H2,1-2H3. The predicted molar refractivity (Wildman–Crippen MR) is 75.3 cm³/mol. The third-order valence-electron chi connectivity index (χ3n) is 3.61. The lowest BCUT2D eigenvalue weighted by atomic mass is 10.0. The number of hydrogen-bond donors (Lipinski definition) is 0. The van der Waals surface area contributed by atoms with Crippen molar-refractivity contribution in [1.29, 1.82) is 0 Å². The molecule has 1 aliphatic rings. The molecule has 1 heterocycles. The third kappa shape index (κ3) is 3.16. The van der Waals surface area contributed by atoms with Gasteiger partial charge in [0.2, 0.25) is 11.8 Å². The van der Waals surface area contributed by atoms with Gasteiger partial charge in [-0.15, -0.1) is 0 Å². The second kappa shape index (κ2) is 6.97. The zero-order valence-corrected chi connectivity index (χ0v) is 12.8. The second-order valence-corrected chi connectivity index (χ2v) is 4.89. The van der Waals surface area contributed by atoms with Gasteiger partial charge < -0.3 is 9.64 Å². The van der Waals surface area contributed by atoms with E-state index in [0.717, 1.165) is 0 Å². The summed E-state index contributed by atoms with van der Waals surface area (Å²) in [6.07, 6.45) is -0.612. The molecule has 23 heavy (non-hydrogen) atoms. The van der Waals surface area contributed by atoms with Crippen LogP contribution in [0, 0.1) is 23.3 Å². The van der Waals surface area contributed by atoms with E-state index in [-0.39, 0.29) is 19.0 Å². The molecule has 0 N–H and O–H groups in total. The van der Waals surface area contributed by atoms with Crippen molar-refractivity contribution in [2.75, 3.05) is 26.2 Å². The summed E-state index contributed by atoms with van der Waals surface area (Å²) in [6, 6.07) is 0. The van der Waals surface area contributed by atoms with Crippen LogP contribution in [0.5, 0.6) is 0 Å². The fraction of sp³-hybridized carbons (Fsp3) is 0.467. The molecule has 1 amide bonds. The van der Waals surface area contributed by atoms with Crippen molar-refractivity contribution in [3.8, 4) is 0 Å². The number of halogens is 4. The minimum Gasteiger partial charge on any atom is -0.475 e. The van der Waals surface area contributed by atoms with Crippen LogP contribution in [-0.2, 0) is 16.0 Å². The van der Waals surface area contributed by atoms with Crippen molar-refractivity contribution in [1.82, 2.24) is 4.90 Å². The first-order valence-electron chi connectivity index (χ1n) is 7.22. The van der Waals surface area contributed by atoms with Crippen molar-refractivity contribution in [3.05, 3.63) is 34.4 Å². The summed E-state index contributed by atoms with van der Waals surface area (Å²) in [5.41, 5.74) is -1.21. The first-order valence-corrected chi connectivity index (χ1v) is 7.22. The molecule has 0 fully saturated rings. The number of hydrogen-bond acceptors (Lipinski definition) is 3. The molecule has 0 saturated carbocycles. The molecule has 8 heteroatoms. The maximum atomic E-state index is 14.1. The van der Waals surface area contributed by atoms with E-state index in [1.54, 1.807) is 13.8 Å². The number of amides is 1. The van der Waals surface area contributed by atoms with Gasteiger partial charge in [-0.2, -0.15) is 0 Å². The Bertz CT molecular complexity index is 658. The summed E-state index contributed by atoms with van der Waals surface area (Å²) in [5, 5.41) is 0. The molecule has 0 spiro atoms. The van der Waals surface area contributed by atoms with E-state index in [9.17, 15) is 22.4 Å². The van der Waals surface area contributed by atoms with Gasteiger partial charge >= 0.3 is 0 Å². The predicted octanol–water partition coefficient (Wildman–Crippen LogP) is 2.43. The van der Waals surface area contributed by atoms with Crippen LogP contribution in [0.25, 0.3) is 0 Å². The highest BCUT2D eigenvalue weighted by Gasteiger charge is 2.31. The number of ether oxygens (including phenoxy) is 1. The molecule has 0 radical (unpaired) electrons. The first kappa shape index (κ1) is 17.2. The van der Waals surface area contributed by atoms with Gasteiger partial charge in [-0.1, -0.05) is 0 Å². The Morgan fingerprint density at radius 1 is 1.09 bits per heavy atom. The Kier molecular flexibility index (Phi) is 5.23. The van der Waals surface area contributed by atoms with Crippen LogP contribution in [0.2, 0.25) is 0 Å². The maximum absolute atomic E-state index is 14.1. The zero-order valence-electron chi connectivity index (χ0n) is 12.8. The fourth-order valence-corrected chi connectivity index (χ4v) is 2.39. The van der Waals surface area contributed by atoms with Crippen LogP contribution in [-0.4, -0.2) is 42.9 Å². The number of likely N-dealkylation sites (N-methyl/N-ethyl adjacent to an activating group) is 1. The SMILES string of the molecule is CCN(CC)C(=O)Cc1c(F)c(F)c(F)c(F)c1C1=NCCO1. The average Bonchev–Trinajstić information content (AvgIpc) is 3.06. The lowest BCUT2D eigenvalue weighted by Gasteiger charge is -2.20. The maximum Gasteiger partial charge on any atom is 0.227 e. The van der Waals surface area contributed by atoms with E-state index in [4.69, 9.17) is 4.74 Å². The Morgan fingerprint density at radius 2 is 1.70 bits per heavy atom. The van der Waals surface area contributed by atoms with Crippen LogP contribution >= 0.6 is 0 Å². The van der Waals surface area contributed by atoms with Gasteiger partial charge in [-0.25, -0.2) is 22.6 Å². The zero-order chi connectivity index (χ0) is 17.1. The number of benzene rings is 1. The Hall–Kier alpha value is -2.12. The quantitative estimate of drug-likeness (QED) is 0.472. The summed E-state index contributed by atoms with van der Waals surface area (Å²) >= 11 is 0. The van der Waals surface area contributed by atoms with E-state index in [1.165, 1.54) is 4.90 Å². The van der Waals surface area contributed by atoms with Crippen LogP contribution in [0.15, 0.2) is 4.99 Å². The second-order valence-electron chi connectivity index (χ2n) is 4.89. The van der Waals surface area contributed by atoms with Crippen molar-refractivity contribution >= 4 is 11.8 Å². The van der Waals surface area contributed by atoms with Gasteiger partial charge in [-0.3, -0.25) is 4.79 Å². The molecule has 2 rings (SSSR count). The van der Waals surface area contributed by atoms with Crippen LogP contribution in [0.3, 0.4) is 0 Å². The van der Waals surface area contributed by atoms with Gasteiger partial charge in [0.05, 0.1) is 18.5 Å². The third-order valence-corrected chi connectivity index (χ3v) is 3.61. The fourth-order valence-electron chi connectivity index (χ4n) is 2.39. The van der Waals surface area contributed by atoms with Crippen molar-refractivity contribution in [2.45, 2.75) is 20.3 Å². The van der Waals surface area contributed by atoms with E-state index in [1.807, 2.05) is 0 Å². The van der Waals surface area contributed by atoms with Crippen LogP contribution < -0.4 is 0 Å². The molecule has 0 unspecified atom stereocenters. The lowest BCUT2D eigenvalue weighted by molar-refractivity contribution is -0.130. The average molecular weight is 332 g/mol. The van der Waals surface area contributed by atoms with Crippen LogP contribution in [0.4, 0.5) is 17.6 Å². The lowest BCUT2D eigenvalue weighted by Crippen LogP contribution is -2.33. The molecule has 1 aromatic carbocycles. The monoisotopic (exact) mass is 332 g/mol. The summed E-state index contributed by atoms with van der Waals surface area (Å²) in [7, 11) is 0. The van der Waals surface area contributed by atoms with E-state index in [0.29, 0.717) is 13.1 Å². The summed E-state index contributed by atoms with van der Waals surface area (Å²) < 4.78 is 60.3. The van der Waals surface area contributed by atoms with Gasteiger partial charge in [0.25, 0.3) is 0 Å². The molecule has 1 aromatic rings. The van der Waals surface area contributed by atoms with E-state index < -0.39 is 46.7 Å². The first-order chi connectivity index (χ1) is 10.9. The van der Waals surface area contributed by atoms with Gasteiger partial charge in [-0.05, 0) is 13.8 Å². The highest BCUT2D eigenvalue weighted by atomic mass is 19.2. The van der Waals surface area contributed by atoms with E-state index >= 15 is 0 Å². The van der Waals surface area contributed by atoms with Crippen LogP contribution in [0.1, 0.15) is 25.0 Å². The molecule has 0 bridgehead atoms. The number of nitrogens with zero attached hydrogens (tertiary/aromatic N) is 2. The Labute approximate surface area is 130 Å². The molecule has 0 saturated heterocycles. The molecule has 0 atom stereocenters. The largest absolute Gasteiger partial charge is 0.475 e. The number of aliphatic imine (C=N–C) groups is 1. The van der Waals surface area contributed by atoms with Crippen molar-refractivity contribution in [2.24, 2.45) is 4.99 Å². The Morgan fingerprint density at radius 3 is 2.22 bits per heavy atom. The molecule has 4 nitrogen and oxygen atoms in total. The molecular formula is C15H16F4N2O2. The summed E-state index contributed by atoms with van der Waals surface area (Å²) in [5.74, 6) is -7.95. The summed E-state index contributed by atoms with van der Waals surface area (Å²) in [4.78, 5) is 17.3. The highest BCUT2D eigenvalue weighted by molar-refractivity contribution is 5.98. The van der Waals surface area contributed by atoms with Gasteiger partial charge in [0, 0.05) is 18.7 Å². The van der Waals surface area contributed by atoms with Crippen molar-refractivity contribution in [3.63, 3.8) is 0 Å². The molecular weight excluding hydrogens is 316 g/mol. The smallest absolute Gasteiger partial charge is 0.227 e.